The molecule has 21 heavy (non-hydrogen) atoms. The summed E-state index contributed by atoms with van der Waals surface area (Å²) in [7, 11) is 0. The van der Waals surface area contributed by atoms with E-state index in [1.807, 2.05) is 0 Å². The Morgan fingerprint density at radius 2 is 2.14 bits per heavy atom. The molecule has 0 aliphatic carbocycles. The van der Waals surface area contributed by atoms with Crippen molar-refractivity contribution in [1.82, 2.24) is 4.90 Å². The van der Waals surface area contributed by atoms with Gasteiger partial charge in [-0.05, 0) is 31.0 Å². The normalized spacial score (nSPS) is 19.5. The fourth-order valence-corrected chi connectivity index (χ4v) is 2.44. The first-order valence-electron chi connectivity index (χ1n) is 6.45. The maximum Gasteiger partial charge on any atom is 0.417 e. The molecule has 1 atom stereocenters. The minimum absolute atomic E-state index is 0.0517. The van der Waals surface area contributed by atoms with Crippen molar-refractivity contribution in [2.24, 2.45) is 5.73 Å². The number of rotatable bonds is 1. The summed E-state index contributed by atoms with van der Waals surface area (Å²) in [5.74, 6) is 0. The van der Waals surface area contributed by atoms with E-state index in [2.05, 4.69) is 5.32 Å². The van der Waals surface area contributed by atoms with Gasteiger partial charge < -0.3 is 16.0 Å². The molecule has 0 bridgehead atoms. The molecule has 1 aliphatic rings. The van der Waals surface area contributed by atoms with Crippen molar-refractivity contribution in [3.05, 3.63) is 28.8 Å². The van der Waals surface area contributed by atoms with Crippen LogP contribution in [0.4, 0.5) is 23.7 Å². The average molecular weight is 322 g/mol. The smallest absolute Gasteiger partial charge is 0.326 e. The first-order chi connectivity index (χ1) is 9.77. The number of alkyl halides is 3. The third-order valence-corrected chi connectivity index (χ3v) is 3.60. The van der Waals surface area contributed by atoms with Gasteiger partial charge in [-0.1, -0.05) is 11.6 Å². The van der Waals surface area contributed by atoms with E-state index in [4.69, 9.17) is 17.3 Å². The average Bonchev–Trinajstić information content (AvgIpc) is 2.39. The molecule has 0 saturated carbocycles. The van der Waals surface area contributed by atoms with Crippen LogP contribution in [0.5, 0.6) is 0 Å². The third-order valence-electron chi connectivity index (χ3n) is 3.27. The minimum Gasteiger partial charge on any atom is -0.326 e. The molecule has 1 aliphatic heterocycles. The molecule has 2 amide bonds. The van der Waals surface area contributed by atoms with Crippen LogP contribution in [0.25, 0.3) is 0 Å². The monoisotopic (exact) mass is 321 g/mol. The molecule has 8 heteroatoms. The highest BCUT2D eigenvalue weighted by molar-refractivity contribution is 6.31. The lowest BCUT2D eigenvalue weighted by Gasteiger charge is -2.30. The number of anilines is 1. The number of likely N-dealkylation sites (tertiary alicyclic amines) is 1. The van der Waals surface area contributed by atoms with Crippen LogP contribution < -0.4 is 11.1 Å². The van der Waals surface area contributed by atoms with Gasteiger partial charge in [-0.2, -0.15) is 13.2 Å². The quantitative estimate of drug-likeness (QED) is 0.833. The van der Waals surface area contributed by atoms with Crippen molar-refractivity contribution in [2.75, 3.05) is 18.4 Å². The SMILES string of the molecule is NC1CCCN(C(=O)Nc2ccc(Cl)c(C(F)(F)F)c2)C1. The number of nitrogens with zero attached hydrogens (tertiary/aromatic N) is 1. The summed E-state index contributed by atoms with van der Waals surface area (Å²) in [4.78, 5) is 13.5. The first kappa shape index (κ1) is 15.9. The molecule has 1 saturated heterocycles. The molecule has 1 heterocycles. The van der Waals surface area contributed by atoms with Crippen molar-refractivity contribution in [2.45, 2.75) is 25.1 Å². The van der Waals surface area contributed by atoms with Crippen LogP contribution in [-0.4, -0.2) is 30.1 Å². The van der Waals surface area contributed by atoms with Crippen LogP contribution in [0.1, 0.15) is 18.4 Å². The van der Waals surface area contributed by atoms with Gasteiger partial charge >= 0.3 is 12.2 Å². The molecular formula is C13H15ClF3N3O. The third kappa shape index (κ3) is 4.01. The summed E-state index contributed by atoms with van der Waals surface area (Å²) in [6.07, 6.45) is -2.95. The zero-order valence-electron chi connectivity index (χ0n) is 11.1. The van der Waals surface area contributed by atoms with Crippen LogP contribution in [-0.2, 0) is 6.18 Å². The van der Waals surface area contributed by atoms with Gasteiger partial charge in [0.05, 0.1) is 10.6 Å². The van der Waals surface area contributed by atoms with Crippen LogP contribution in [0.15, 0.2) is 18.2 Å². The van der Waals surface area contributed by atoms with Gasteiger partial charge in [0.15, 0.2) is 0 Å². The molecule has 1 unspecified atom stereocenters. The van der Waals surface area contributed by atoms with Gasteiger partial charge in [0.25, 0.3) is 0 Å². The van der Waals surface area contributed by atoms with E-state index in [9.17, 15) is 18.0 Å². The highest BCUT2D eigenvalue weighted by Gasteiger charge is 2.33. The number of benzene rings is 1. The van der Waals surface area contributed by atoms with Crippen LogP contribution in [0.2, 0.25) is 5.02 Å². The summed E-state index contributed by atoms with van der Waals surface area (Å²) in [5, 5.41) is 2.04. The van der Waals surface area contributed by atoms with Crippen molar-refractivity contribution < 1.29 is 18.0 Å². The maximum atomic E-state index is 12.7. The van der Waals surface area contributed by atoms with E-state index in [1.54, 1.807) is 0 Å². The fraction of sp³-hybridized carbons (Fsp3) is 0.462. The highest BCUT2D eigenvalue weighted by Crippen LogP contribution is 2.36. The van der Waals surface area contributed by atoms with Gasteiger partial charge in [-0.25, -0.2) is 4.79 Å². The summed E-state index contributed by atoms with van der Waals surface area (Å²) < 4.78 is 38.2. The van der Waals surface area contributed by atoms with Crippen LogP contribution >= 0.6 is 11.6 Å². The number of urea groups is 1. The standard InChI is InChI=1S/C13H15ClF3N3O/c14-11-4-3-9(6-10(11)13(15,16)17)19-12(21)20-5-1-2-8(18)7-20/h3-4,6,8H,1-2,5,7,18H2,(H,19,21). The molecule has 0 spiro atoms. The molecule has 0 aromatic heterocycles. The molecule has 1 aromatic rings. The lowest BCUT2D eigenvalue weighted by Crippen LogP contribution is -2.47. The lowest BCUT2D eigenvalue weighted by molar-refractivity contribution is -0.137. The van der Waals surface area contributed by atoms with E-state index in [-0.39, 0.29) is 11.7 Å². The van der Waals surface area contributed by atoms with Crippen LogP contribution in [0.3, 0.4) is 0 Å². The summed E-state index contributed by atoms with van der Waals surface area (Å²) in [6, 6.07) is 2.71. The molecule has 1 aromatic carbocycles. The minimum atomic E-state index is -4.56. The predicted molar refractivity (Wildman–Crippen MR) is 74.3 cm³/mol. The van der Waals surface area contributed by atoms with Gasteiger partial charge in [-0.3, -0.25) is 0 Å². The highest BCUT2D eigenvalue weighted by atomic mass is 35.5. The fourth-order valence-electron chi connectivity index (χ4n) is 2.22. The van der Waals surface area contributed by atoms with E-state index >= 15 is 0 Å². The molecule has 2 rings (SSSR count). The molecular weight excluding hydrogens is 307 g/mol. The number of nitrogens with one attached hydrogen (secondary N) is 1. The Morgan fingerprint density at radius 3 is 2.76 bits per heavy atom. The van der Waals surface area contributed by atoms with Crippen molar-refractivity contribution in [1.29, 1.82) is 0 Å². The van der Waals surface area contributed by atoms with Crippen LogP contribution in [0, 0.1) is 0 Å². The Kier molecular flexibility index (Phi) is 4.63. The summed E-state index contributed by atoms with van der Waals surface area (Å²) in [5.41, 5.74) is 4.85. The van der Waals surface area contributed by atoms with E-state index < -0.39 is 22.8 Å². The number of nitrogens with two attached hydrogens (primary N) is 1. The number of carbonyl (C=O) groups is 1. The zero-order valence-corrected chi connectivity index (χ0v) is 11.8. The van der Waals surface area contributed by atoms with E-state index in [0.717, 1.165) is 25.0 Å². The number of halogens is 4. The topological polar surface area (TPSA) is 58.4 Å². The van der Waals surface area contributed by atoms with Crippen molar-refractivity contribution in [3.8, 4) is 0 Å². The second-order valence-corrected chi connectivity index (χ2v) is 5.38. The Balaban J connectivity index is 2.11. The Labute approximate surface area is 125 Å². The summed E-state index contributed by atoms with van der Waals surface area (Å²) in [6.45, 7) is 0.935. The molecule has 0 radical (unpaired) electrons. The number of carbonyl (C=O) groups excluding carboxylic acids is 1. The number of hydrogen-bond acceptors (Lipinski definition) is 2. The second kappa shape index (κ2) is 6.11. The number of amides is 2. The molecule has 116 valence electrons. The molecule has 4 nitrogen and oxygen atoms in total. The summed E-state index contributed by atoms with van der Waals surface area (Å²) >= 11 is 5.53. The van der Waals surface area contributed by atoms with Gasteiger partial charge in [-0.15, -0.1) is 0 Å². The molecule has 3 N–H and O–H groups in total. The van der Waals surface area contributed by atoms with E-state index in [1.165, 1.54) is 11.0 Å². The first-order valence-corrected chi connectivity index (χ1v) is 6.83. The maximum absolute atomic E-state index is 12.7. The lowest BCUT2D eigenvalue weighted by atomic mass is 10.1. The second-order valence-electron chi connectivity index (χ2n) is 4.97. The Hall–Kier alpha value is -1.47. The largest absolute Gasteiger partial charge is 0.417 e. The van der Waals surface area contributed by atoms with Gasteiger partial charge in [0.2, 0.25) is 0 Å². The van der Waals surface area contributed by atoms with Crippen molar-refractivity contribution >= 4 is 23.3 Å². The number of piperidine rings is 1. The van der Waals surface area contributed by atoms with Crippen molar-refractivity contribution in [3.63, 3.8) is 0 Å². The van der Waals surface area contributed by atoms with Gasteiger partial charge in [0, 0.05) is 24.8 Å². The molecule has 1 fully saturated rings. The Bertz CT molecular complexity index is 536. The predicted octanol–water partition coefficient (Wildman–Crippen LogP) is 3.31. The number of hydrogen-bond donors (Lipinski definition) is 2. The zero-order chi connectivity index (χ0) is 15.6. The van der Waals surface area contributed by atoms with E-state index in [0.29, 0.717) is 13.1 Å². The van der Waals surface area contributed by atoms with Gasteiger partial charge in [0.1, 0.15) is 0 Å². The Morgan fingerprint density at radius 1 is 1.43 bits per heavy atom.